The number of anilines is 2. The van der Waals surface area contributed by atoms with Crippen LogP contribution in [0, 0.1) is 0 Å². The molecule has 82 valence electrons. The molecule has 1 aromatic carbocycles. The second kappa shape index (κ2) is 4.82. The van der Waals surface area contributed by atoms with Crippen LogP contribution in [0.5, 0.6) is 0 Å². The van der Waals surface area contributed by atoms with Crippen molar-refractivity contribution in [2.45, 2.75) is 0 Å². The molecule has 0 radical (unpaired) electrons. The molecule has 0 atom stereocenters. The molecule has 0 bridgehead atoms. The van der Waals surface area contributed by atoms with Gasteiger partial charge in [0.25, 0.3) is 4.74 Å². The Bertz CT molecular complexity index is 556. The highest BCUT2D eigenvalue weighted by atomic mass is 35.5. The lowest BCUT2D eigenvalue weighted by Crippen LogP contribution is -1.92. The second-order valence-electron chi connectivity index (χ2n) is 3.05. The Kier molecular flexibility index (Phi) is 3.43. The molecule has 0 spiro atoms. The topological polar surface area (TPSA) is 29.1 Å². The highest BCUT2D eigenvalue weighted by Crippen LogP contribution is 2.30. The number of nitrogens with one attached hydrogen (secondary N) is 1. The van der Waals surface area contributed by atoms with E-state index in [1.54, 1.807) is 6.08 Å². The summed E-state index contributed by atoms with van der Waals surface area (Å²) >= 11 is 5.85. The van der Waals surface area contributed by atoms with Crippen molar-refractivity contribution in [3.8, 4) is 0 Å². The van der Waals surface area contributed by atoms with Crippen LogP contribution < -0.4 is 10.1 Å². The minimum Gasteiger partial charge on any atom is -0.345 e. The Hall–Kier alpha value is -1.10. The summed E-state index contributed by atoms with van der Waals surface area (Å²) in [6, 6.07) is 7.72. The number of benzene rings is 1. The van der Waals surface area contributed by atoms with Crippen LogP contribution in [0.4, 0.5) is 10.7 Å². The van der Waals surface area contributed by atoms with Crippen LogP contribution >= 0.6 is 32.3 Å². The first kappa shape index (κ1) is 11.4. The fourth-order valence-electron chi connectivity index (χ4n) is 1.15. The molecule has 16 heavy (non-hydrogen) atoms. The SMILES string of the molecule is C=Cc1ccc(Nc2ssc(=O)c2Cl)cc1. The van der Waals surface area contributed by atoms with Gasteiger partial charge in [-0.1, -0.05) is 46.7 Å². The third-order valence-electron chi connectivity index (χ3n) is 1.98. The molecule has 0 aliphatic carbocycles. The van der Waals surface area contributed by atoms with Gasteiger partial charge in [0.2, 0.25) is 0 Å². The van der Waals surface area contributed by atoms with Gasteiger partial charge in [0.1, 0.15) is 10.0 Å². The molecule has 1 N–H and O–H groups in total. The first-order valence-electron chi connectivity index (χ1n) is 4.49. The lowest BCUT2D eigenvalue weighted by Gasteiger charge is -2.03. The average Bonchev–Trinajstić information content (AvgIpc) is 2.62. The van der Waals surface area contributed by atoms with Gasteiger partial charge in [-0.15, -0.1) is 0 Å². The molecule has 0 aliphatic heterocycles. The van der Waals surface area contributed by atoms with Gasteiger partial charge < -0.3 is 5.32 Å². The predicted molar refractivity (Wildman–Crippen MR) is 73.3 cm³/mol. The normalized spacial score (nSPS) is 10.1. The summed E-state index contributed by atoms with van der Waals surface area (Å²) in [5, 5.41) is 4.07. The van der Waals surface area contributed by atoms with Crippen molar-refractivity contribution in [3.05, 3.63) is 51.0 Å². The Morgan fingerprint density at radius 2 is 1.94 bits per heavy atom. The van der Waals surface area contributed by atoms with E-state index in [1.165, 1.54) is 10.3 Å². The van der Waals surface area contributed by atoms with Crippen molar-refractivity contribution in [3.63, 3.8) is 0 Å². The fourth-order valence-corrected chi connectivity index (χ4v) is 3.53. The van der Waals surface area contributed by atoms with Gasteiger partial charge in [-0.05, 0) is 28.0 Å². The highest BCUT2D eigenvalue weighted by Gasteiger charge is 2.07. The molecule has 2 aromatic rings. The van der Waals surface area contributed by atoms with Crippen LogP contribution in [0.3, 0.4) is 0 Å². The molecular weight excluding hydrogens is 262 g/mol. The third kappa shape index (κ3) is 2.35. The first-order chi connectivity index (χ1) is 7.70. The van der Waals surface area contributed by atoms with E-state index in [1.807, 2.05) is 24.3 Å². The van der Waals surface area contributed by atoms with Crippen LogP contribution in [0.2, 0.25) is 5.02 Å². The number of halogens is 1. The molecule has 0 aliphatic rings. The minimum absolute atomic E-state index is 0.100. The fraction of sp³-hybridized carbons (Fsp3) is 0. The van der Waals surface area contributed by atoms with Crippen LogP contribution in [-0.2, 0) is 0 Å². The van der Waals surface area contributed by atoms with Gasteiger partial charge in [-0.2, -0.15) is 0 Å². The quantitative estimate of drug-likeness (QED) is 0.846. The standard InChI is InChI=1S/C11H8ClNOS2/c1-2-7-3-5-8(6-4-7)13-10-9(12)11(14)16-15-10/h2-6,13H,1H2. The first-order valence-corrected chi connectivity index (χ1v) is 7.01. The lowest BCUT2D eigenvalue weighted by atomic mass is 10.2. The summed E-state index contributed by atoms with van der Waals surface area (Å²) in [5.41, 5.74) is 1.96. The van der Waals surface area contributed by atoms with E-state index >= 15 is 0 Å². The number of hydrogen-bond acceptors (Lipinski definition) is 4. The zero-order valence-electron chi connectivity index (χ0n) is 8.20. The summed E-state index contributed by atoms with van der Waals surface area (Å²) in [6.07, 6.45) is 1.78. The zero-order chi connectivity index (χ0) is 11.5. The smallest absolute Gasteiger partial charge is 0.263 e. The van der Waals surface area contributed by atoms with Gasteiger partial charge in [-0.3, -0.25) is 4.79 Å². The van der Waals surface area contributed by atoms with E-state index in [0.29, 0.717) is 5.00 Å². The van der Waals surface area contributed by atoms with Gasteiger partial charge in [0.05, 0.1) is 0 Å². The van der Waals surface area contributed by atoms with Crippen molar-refractivity contribution < 1.29 is 0 Å². The molecule has 0 unspecified atom stereocenters. The molecule has 0 saturated heterocycles. The van der Waals surface area contributed by atoms with Crippen LogP contribution in [0.15, 0.2) is 35.6 Å². The Morgan fingerprint density at radius 1 is 1.25 bits per heavy atom. The maximum absolute atomic E-state index is 11.2. The van der Waals surface area contributed by atoms with E-state index in [-0.39, 0.29) is 9.77 Å². The molecule has 0 saturated carbocycles. The molecule has 1 heterocycles. The van der Waals surface area contributed by atoms with Crippen molar-refractivity contribution in [1.82, 2.24) is 0 Å². The van der Waals surface area contributed by atoms with Gasteiger partial charge in [0.15, 0.2) is 0 Å². The van der Waals surface area contributed by atoms with E-state index in [4.69, 9.17) is 11.6 Å². The largest absolute Gasteiger partial charge is 0.345 e. The molecule has 1 aromatic heterocycles. The summed E-state index contributed by atoms with van der Waals surface area (Å²) in [4.78, 5) is 11.2. The van der Waals surface area contributed by atoms with Gasteiger partial charge in [0, 0.05) is 5.69 Å². The maximum atomic E-state index is 11.2. The van der Waals surface area contributed by atoms with Crippen LogP contribution in [0.1, 0.15) is 5.56 Å². The minimum atomic E-state index is -0.100. The average molecular weight is 270 g/mol. The number of hydrogen-bond donors (Lipinski definition) is 1. The third-order valence-corrected chi connectivity index (χ3v) is 4.68. The van der Waals surface area contributed by atoms with Crippen LogP contribution in [-0.4, -0.2) is 0 Å². The second-order valence-corrected chi connectivity index (χ2v) is 5.54. The van der Waals surface area contributed by atoms with Crippen molar-refractivity contribution in [1.29, 1.82) is 0 Å². The van der Waals surface area contributed by atoms with Crippen molar-refractivity contribution >= 4 is 49.0 Å². The van der Waals surface area contributed by atoms with Crippen molar-refractivity contribution in [2.75, 3.05) is 5.32 Å². The lowest BCUT2D eigenvalue weighted by molar-refractivity contribution is 1.59. The monoisotopic (exact) mass is 269 g/mol. The highest BCUT2D eigenvalue weighted by molar-refractivity contribution is 7.70. The van der Waals surface area contributed by atoms with E-state index in [2.05, 4.69) is 11.9 Å². The molecule has 5 heteroatoms. The zero-order valence-corrected chi connectivity index (χ0v) is 10.6. The Labute approximate surface area is 105 Å². The molecule has 0 fully saturated rings. The summed E-state index contributed by atoms with van der Waals surface area (Å²) in [5.74, 6) is 0. The van der Waals surface area contributed by atoms with Gasteiger partial charge in [-0.25, -0.2) is 0 Å². The molecule has 0 amide bonds. The maximum Gasteiger partial charge on any atom is 0.263 e. The Morgan fingerprint density at radius 3 is 2.44 bits per heavy atom. The van der Waals surface area contributed by atoms with E-state index in [0.717, 1.165) is 21.6 Å². The van der Waals surface area contributed by atoms with E-state index < -0.39 is 0 Å². The molecular formula is C11H8ClNOS2. The van der Waals surface area contributed by atoms with Crippen LogP contribution in [0.25, 0.3) is 6.08 Å². The summed E-state index contributed by atoms with van der Waals surface area (Å²) < 4.78 is -0.100. The van der Waals surface area contributed by atoms with Gasteiger partial charge >= 0.3 is 0 Å². The Balaban J connectivity index is 2.23. The summed E-state index contributed by atoms with van der Waals surface area (Å²) in [6.45, 7) is 3.68. The summed E-state index contributed by atoms with van der Waals surface area (Å²) in [7, 11) is 2.48. The molecule has 2 rings (SSSR count). The predicted octanol–water partition coefficient (Wildman–Crippen LogP) is 4.21. The molecule has 2 nitrogen and oxygen atoms in total. The van der Waals surface area contributed by atoms with Crippen molar-refractivity contribution in [2.24, 2.45) is 0 Å². The number of rotatable bonds is 3. The van der Waals surface area contributed by atoms with E-state index in [9.17, 15) is 4.79 Å².